The van der Waals surface area contributed by atoms with Crippen molar-refractivity contribution in [1.29, 1.82) is 0 Å². The Balaban J connectivity index is 5.24. The van der Waals surface area contributed by atoms with Gasteiger partial charge in [0.2, 0.25) is 0 Å². The van der Waals surface area contributed by atoms with Gasteiger partial charge >= 0.3 is 39.5 Å². The van der Waals surface area contributed by atoms with Crippen molar-refractivity contribution in [1.82, 2.24) is 0 Å². The lowest BCUT2D eigenvalue weighted by Gasteiger charge is -2.21. The zero-order valence-electron chi connectivity index (χ0n) is 75.4. The number of hydrogen-bond acceptors (Lipinski definition) is 15. The molecule has 0 aliphatic rings. The average molecular weight is 1660 g/mol. The fourth-order valence-corrected chi connectivity index (χ4v) is 16.6. The third-order valence-corrected chi connectivity index (χ3v) is 24.7. The summed E-state index contributed by atoms with van der Waals surface area (Å²) in [5.41, 5.74) is 0. The SMILES string of the molecule is CCCCCCCCCCCCCCCCCCCCCCCCC(=O)OC[C@H](COP(=O)(O)OC[C@@H](O)COP(=O)(O)OC[C@@H](COC(=O)CCCCCCCCCCCC(C)C)OC(=O)CCCCCCCCCCCCCCCCCCCC)OC(=O)CCCCCCCCCCCCCCCCCCCCC(C)CC. The van der Waals surface area contributed by atoms with Crippen molar-refractivity contribution in [3.63, 3.8) is 0 Å². The fraction of sp³-hybridized carbons (Fsp3) is 0.958. The number of hydrogen-bond donors (Lipinski definition) is 3. The first kappa shape index (κ1) is 112. The van der Waals surface area contributed by atoms with E-state index < -0.39 is 97.5 Å². The molecule has 0 amide bonds. The summed E-state index contributed by atoms with van der Waals surface area (Å²) < 4.78 is 69.2. The average Bonchev–Trinajstić information content (AvgIpc) is 0.890. The molecule has 17 nitrogen and oxygen atoms in total. The highest BCUT2D eigenvalue weighted by Crippen LogP contribution is 2.45. The molecule has 0 bridgehead atoms. The van der Waals surface area contributed by atoms with E-state index in [1.165, 1.54) is 334 Å². The van der Waals surface area contributed by atoms with Crippen LogP contribution in [-0.4, -0.2) is 96.7 Å². The standard InChI is InChI=1S/C95H186O17P2/c1-7-10-12-14-16-18-20-22-24-26-28-29-30-31-36-39-43-47-53-59-65-71-77-92(97)105-83-90(111-94(99)79-74-68-62-55-49-45-41-37-33-32-34-38-42-46-52-58-64-70-76-88(6)9-3)85-109-113(101,102)107-81-89(96)82-108-114(103,104)110-86-91(84-106-93(98)78-72-66-60-56-50-51-57-63-69-75-87(4)5)112-95(100)80-73-67-61-54-48-44-40-35-27-25-23-21-19-17-15-13-11-8-2/h87-91,96H,7-86H2,1-6H3,(H,101,102)(H,103,104)/t88?,89-,90-,91-/m1/s1. The van der Waals surface area contributed by atoms with E-state index in [2.05, 4.69) is 41.5 Å². The smallest absolute Gasteiger partial charge is 0.462 e. The predicted octanol–water partition coefficient (Wildman–Crippen LogP) is 29.7. The van der Waals surface area contributed by atoms with Crippen LogP contribution in [0.25, 0.3) is 0 Å². The lowest BCUT2D eigenvalue weighted by Crippen LogP contribution is -2.30. The molecular formula is C95H186O17P2. The third kappa shape index (κ3) is 86.4. The molecule has 0 fully saturated rings. The van der Waals surface area contributed by atoms with Crippen LogP contribution in [0.2, 0.25) is 0 Å². The minimum absolute atomic E-state index is 0.109. The first-order valence-electron chi connectivity index (χ1n) is 49.0. The first-order valence-corrected chi connectivity index (χ1v) is 52.0. The van der Waals surface area contributed by atoms with Gasteiger partial charge in [0, 0.05) is 25.7 Å². The summed E-state index contributed by atoms with van der Waals surface area (Å²) >= 11 is 0. The molecule has 0 aliphatic heterocycles. The largest absolute Gasteiger partial charge is 0.472 e. The molecule has 0 aliphatic carbocycles. The molecule has 6 atom stereocenters. The van der Waals surface area contributed by atoms with Crippen LogP contribution in [-0.2, 0) is 65.4 Å². The molecule has 0 aromatic carbocycles. The monoisotopic (exact) mass is 1660 g/mol. The van der Waals surface area contributed by atoms with E-state index in [4.69, 9.17) is 37.0 Å². The van der Waals surface area contributed by atoms with E-state index in [0.29, 0.717) is 25.7 Å². The molecule has 0 saturated heterocycles. The van der Waals surface area contributed by atoms with E-state index >= 15 is 0 Å². The van der Waals surface area contributed by atoms with Gasteiger partial charge in [0.05, 0.1) is 26.4 Å². The second-order valence-electron chi connectivity index (χ2n) is 34.8. The molecule has 3 unspecified atom stereocenters. The van der Waals surface area contributed by atoms with Crippen LogP contribution < -0.4 is 0 Å². The number of unbranched alkanes of at least 4 members (excludes halogenated alkanes) is 63. The van der Waals surface area contributed by atoms with E-state index in [-0.39, 0.29) is 25.7 Å². The second-order valence-corrected chi connectivity index (χ2v) is 37.7. The van der Waals surface area contributed by atoms with Gasteiger partial charge in [-0.15, -0.1) is 0 Å². The van der Waals surface area contributed by atoms with Crippen molar-refractivity contribution in [3.05, 3.63) is 0 Å². The lowest BCUT2D eigenvalue weighted by molar-refractivity contribution is -0.161. The maximum atomic E-state index is 13.2. The van der Waals surface area contributed by atoms with Gasteiger partial charge in [-0.25, -0.2) is 9.13 Å². The van der Waals surface area contributed by atoms with E-state index in [0.717, 1.165) is 102 Å². The quantitative estimate of drug-likeness (QED) is 0.0222. The first-order chi connectivity index (χ1) is 55.4. The summed E-state index contributed by atoms with van der Waals surface area (Å²) in [4.78, 5) is 73.6. The molecule has 0 aromatic heterocycles. The molecule has 678 valence electrons. The fourth-order valence-electron chi connectivity index (χ4n) is 15.0. The summed E-state index contributed by atoms with van der Waals surface area (Å²) in [5, 5.41) is 10.7. The van der Waals surface area contributed by atoms with Crippen LogP contribution >= 0.6 is 15.6 Å². The number of aliphatic hydroxyl groups excluding tert-OH is 1. The zero-order chi connectivity index (χ0) is 83.4. The minimum atomic E-state index is -4.97. The van der Waals surface area contributed by atoms with Gasteiger partial charge in [0.1, 0.15) is 19.3 Å². The normalized spacial score (nSPS) is 13.9. The molecule has 0 heterocycles. The van der Waals surface area contributed by atoms with E-state index in [1.807, 2.05) is 0 Å². The maximum absolute atomic E-state index is 13.2. The van der Waals surface area contributed by atoms with Gasteiger partial charge in [0.25, 0.3) is 0 Å². The number of esters is 4. The maximum Gasteiger partial charge on any atom is 0.472 e. The molecule has 19 heteroatoms. The number of carbonyl (C=O) groups is 4. The Kier molecular flexibility index (Phi) is 84.6. The Morgan fingerprint density at radius 2 is 0.447 bits per heavy atom. The van der Waals surface area contributed by atoms with Crippen LogP contribution in [0.5, 0.6) is 0 Å². The summed E-state index contributed by atoms with van der Waals surface area (Å²) in [6, 6.07) is 0. The number of ether oxygens (including phenoxy) is 4. The molecule has 3 N–H and O–H groups in total. The summed E-state index contributed by atoms with van der Waals surface area (Å²) in [6.45, 7) is 9.77. The highest BCUT2D eigenvalue weighted by molar-refractivity contribution is 7.47. The Morgan fingerprint density at radius 1 is 0.254 bits per heavy atom. The van der Waals surface area contributed by atoms with Crippen molar-refractivity contribution in [3.8, 4) is 0 Å². The number of phosphoric acid groups is 2. The van der Waals surface area contributed by atoms with Gasteiger partial charge in [-0.3, -0.25) is 37.3 Å². The summed E-state index contributed by atoms with van der Waals surface area (Å²) in [6.07, 6.45) is 82.1. The van der Waals surface area contributed by atoms with Crippen LogP contribution in [0.1, 0.15) is 517 Å². The van der Waals surface area contributed by atoms with Crippen molar-refractivity contribution in [2.45, 2.75) is 535 Å². The van der Waals surface area contributed by atoms with Crippen LogP contribution in [0, 0.1) is 11.8 Å². The number of phosphoric ester groups is 2. The van der Waals surface area contributed by atoms with Crippen LogP contribution in [0.3, 0.4) is 0 Å². The summed E-state index contributed by atoms with van der Waals surface area (Å²) in [7, 11) is -9.94. The molecule has 0 radical (unpaired) electrons. The van der Waals surface area contributed by atoms with Gasteiger partial charge in [-0.2, -0.15) is 0 Å². The van der Waals surface area contributed by atoms with Crippen LogP contribution in [0.4, 0.5) is 0 Å². The Hall–Kier alpha value is -1.94. The molecule has 0 rings (SSSR count). The Labute approximate surface area is 702 Å². The van der Waals surface area contributed by atoms with Gasteiger partial charge < -0.3 is 33.8 Å². The summed E-state index contributed by atoms with van der Waals surface area (Å²) in [5.74, 6) is -0.477. The minimum Gasteiger partial charge on any atom is -0.462 e. The van der Waals surface area contributed by atoms with Gasteiger partial charge in [0.15, 0.2) is 12.2 Å². The molecular weight excluding hydrogens is 1470 g/mol. The van der Waals surface area contributed by atoms with Crippen LogP contribution in [0.15, 0.2) is 0 Å². The van der Waals surface area contributed by atoms with E-state index in [9.17, 15) is 43.2 Å². The third-order valence-electron chi connectivity index (χ3n) is 22.8. The van der Waals surface area contributed by atoms with Crippen molar-refractivity contribution in [2.75, 3.05) is 39.6 Å². The zero-order valence-corrected chi connectivity index (χ0v) is 77.2. The Morgan fingerprint density at radius 3 is 0.667 bits per heavy atom. The molecule has 114 heavy (non-hydrogen) atoms. The number of carbonyl (C=O) groups excluding carboxylic acids is 4. The van der Waals surface area contributed by atoms with Gasteiger partial charge in [-0.05, 0) is 37.5 Å². The van der Waals surface area contributed by atoms with E-state index in [1.54, 1.807) is 0 Å². The lowest BCUT2D eigenvalue weighted by atomic mass is 9.99. The highest BCUT2D eigenvalue weighted by Gasteiger charge is 2.31. The van der Waals surface area contributed by atoms with Crippen molar-refractivity contribution >= 4 is 39.5 Å². The molecule has 0 spiro atoms. The number of rotatable bonds is 94. The van der Waals surface area contributed by atoms with Crippen molar-refractivity contribution in [2.24, 2.45) is 11.8 Å². The topological polar surface area (TPSA) is 237 Å². The number of aliphatic hydroxyl groups is 1. The predicted molar refractivity (Wildman–Crippen MR) is 474 cm³/mol. The molecule has 0 aromatic rings. The highest BCUT2D eigenvalue weighted by atomic mass is 31.2. The Bertz CT molecular complexity index is 2170. The second kappa shape index (κ2) is 86.0. The molecule has 0 saturated carbocycles. The van der Waals surface area contributed by atoms with Crippen molar-refractivity contribution < 1.29 is 80.2 Å². The van der Waals surface area contributed by atoms with Gasteiger partial charge in [-0.1, -0.05) is 465 Å².